The third-order valence-electron chi connectivity index (χ3n) is 3.37. The molecule has 0 aliphatic heterocycles. The first-order valence-corrected chi connectivity index (χ1v) is 6.52. The molecule has 0 amide bonds. The van der Waals surface area contributed by atoms with Gasteiger partial charge in [-0.05, 0) is 5.56 Å². The zero-order chi connectivity index (χ0) is 15.4. The summed E-state index contributed by atoms with van der Waals surface area (Å²) < 4.78 is 0. The zero-order valence-electron chi connectivity index (χ0n) is 11.5. The van der Waals surface area contributed by atoms with Gasteiger partial charge in [0.1, 0.15) is 0 Å². The molecule has 1 N–H and O–H groups in total. The first kappa shape index (κ1) is 14.9. The topological polar surface area (TPSA) is 80.4 Å². The van der Waals surface area contributed by atoms with Gasteiger partial charge in [-0.3, -0.25) is 14.9 Å². The van der Waals surface area contributed by atoms with Gasteiger partial charge in [0.15, 0.2) is 5.78 Å². The number of carbonyl (C=O) groups excluding carboxylic acids is 1. The van der Waals surface area contributed by atoms with Crippen molar-refractivity contribution in [2.75, 3.05) is 0 Å². The van der Waals surface area contributed by atoms with E-state index in [4.69, 9.17) is 0 Å². The summed E-state index contributed by atoms with van der Waals surface area (Å²) >= 11 is 0. The number of Topliss-reactive ketones (excluding diaryl/α,β-unsaturated/α-hetero) is 1. The van der Waals surface area contributed by atoms with Crippen LogP contribution < -0.4 is 0 Å². The van der Waals surface area contributed by atoms with Crippen molar-refractivity contribution in [2.24, 2.45) is 5.92 Å². The first-order chi connectivity index (χ1) is 10.0. The molecule has 0 radical (unpaired) electrons. The van der Waals surface area contributed by atoms with Crippen LogP contribution in [-0.4, -0.2) is 15.8 Å². The fourth-order valence-corrected chi connectivity index (χ4v) is 2.12. The Morgan fingerprint density at radius 3 is 2.43 bits per heavy atom. The Morgan fingerprint density at radius 2 is 1.81 bits per heavy atom. The normalized spacial score (nSPS) is 13.4. The Balaban J connectivity index is 2.23. The van der Waals surface area contributed by atoms with E-state index in [2.05, 4.69) is 0 Å². The maximum atomic E-state index is 12.3. The van der Waals surface area contributed by atoms with Crippen LogP contribution in [0.25, 0.3) is 0 Å². The van der Waals surface area contributed by atoms with E-state index in [1.807, 2.05) is 0 Å². The summed E-state index contributed by atoms with van der Waals surface area (Å²) in [4.78, 5) is 22.5. The van der Waals surface area contributed by atoms with Crippen LogP contribution in [0.15, 0.2) is 54.6 Å². The number of nitro groups is 1. The van der Waals surface area contributed by atoms with E-state index in [1.165, 1.54) is 18.2 Å². The number of aliphatic hydroxyl groups is 1. The lowest BCUT2D eigenvalue weighted by molar-refractivity contribution is -0.385. The molecule has 2 rings (SSSR count). The van der Waals surface area contributed by atoms with E-state index in [9.17, 15) is 20.0 Å². The summed E-state index contributed by atoms with van der Waals surface area (Å²) in [7, 11) is 0. The minimum Gasteiger partial charge on any atom is -0.388 e. The predicted molar refractivity (Wildman–Crippen MR) is 78.0 cm³/mol. The Bertz CT molecular complexity index is 654. The molecule has 0 spiro atoms. The number of nitro benzene ring substituents is 1. The molecule has 0 heterocycles. The Morgan fingerprint density at radius 1 is 1.14 bits per heavy atom. The molecule has 0 saturated heterocycles. The van der Waals surface area contributed by atoms with Crippen LogP contribution in [-0.2, 0) is 0 Å². The summed E-state index contributed by atoms with van der Waals surface area (Å²) in [5.74, 6) is -0.885. The molecule has 2 aromatic carbocycles. The van der Waals surface area contributed by atoms with Gasteiger partial charge in [0, 0.05) is 23.6 Å². The lowest BCUT2D eigenvalue weighted by atomic mass is 9.90. The average molecular weight is 285 g/mol. The number of hydrogen-bond donors (Lipinski definition) is 1. The van der Waals surface area contributed by atoms with E-state index in [0.717, 1.165) is 0 Å². The number of carbonyl (C=O) groups is 1. The molecule has 0 aromatic heterocycles. The van der Waals surface area contributed by atoms with Gasteiger partial charge in [-0.1, -0.05) is 49.4 Å². The van der Waals surface area contributed by atoms with Crippen molar-refractivity contribution in [1.82, 2.24) is 0 Å². The number of nitrogens with zero attached hydrogens (tertiary/aromatic N) is 1. The number of rotatable bonds is 5. The minimum absolute atomic E-state index is 0.106. The third-order valence-corrected chi connectivity index (χ3v) is 3.37. The summed E-state index contributed by atoms with van der Waals surface area (Å²) in [6.45, 7) is 1.61. The fraction of sp³-hybridized carbons (Fsp3) is 0.188. The van der Waals surface area contributed by atoms with Crippen LogP contribution in [0.3, 0.4) is 0 Å². The quantitative estimate of drug-likeness (QED) is 0.520. The maximum absolute atomic E-state index is 12.3. The second kappa shape index (κ2) is 6.28. The van der Waals surface area contributed by atoms with Crippen LogP contribution in [0.4, 0.5) is 5.69 Å². The molecule has 0 bridgehead atoms. The number of aliphatic hydroxyl groups excluding tert-OH is 1. The molecule has 2 atom stereocenters. The van der Waals surface area contributed by atoms with Crippen molar-refractivity contribution in [3.05, 3.63) is 75.8 Å². The van der Waals surface area contributed by atoms with E-state index in [1.54, 1.807) is 43.3 Å². The van der Waals surface area contributed by atoms with Gasteiger partial charge in [0.25, 0.3) is 5.69 Å². The Kier molecular flexibility index (Phi) is 4.45. The van der Waals surface area contributed by atoms with Gasteiger partial charge in [0.2, 0.25) is 0 Å². The summed E-state index contributed by atoms with van der Waals surface area (Å²) in [6.07, 6.45) is -1.09. The molecule has 0 saturated carbocycles. The lowest BCUT2D eigenvalue weighted by Crippen LogP contribution is -2.19. The van der Waals surface area contributed by atoms with Crippen molar-refractivity contribution in [1.29, 1.82) is 0 Å². The number of non-ortho nitro benzene ring substituents is 1. The highest BCUT2D eigenvalue weighted by Crippen LogP contribution is 2.27. The second-order valence-electron chi connectivity index (χ2n) is 4.82. The van der Waals surface area contributed by atoms with Crippen LogP contribution in [0.5, 0.6) is 0 Å². The fourth-order valence-electron chi connectivity index (χ4n) is 2.12. The van der Waals surface area contributed by atoms with Gasteiger partial charge < -0.3 is 5.11 Å². The van der Waals surface area contributed by atoms with Crippen molar-refractivity contribution in [3.8, 4) is 0 Å². The van der Waals surface area contributed by atoms with Gasteiger partial charge in [-0.2, -0.15) is 0 Å². The lowest BCUT2D eigenvalue weighted by Gasteiger charge is -2.18. The zero-order valence-corrected chi connectivity index (χ0v) is 11.5. The summed E-state index contributed by atoms with van der Waals surface area (Å²) in [5, 5.41) is 21.0. The molecule has 0 fully saturated rings. The Hall–Kier alpha value is -2.53. The molecule has 2 unspecified atom stereocenters. The van der Waals surface area contributed by atoms with Crippen molar-refractivity contribution >= 4 is 11.5 Å². The smallest absolute Gasteiger partial charge is 0.269 e. The number of ketones is 1. The largest absolute Gasteiger partial charge is 0.388 e. The van der Waals surface area contributed by atoms with Crippen molar-refractivity contribution < 1.29 is 14.8 Å². The molecule has 0 aliphatic rings. The average Bonchev–Trinajstić information content (AvgIpc) is 2.53. The van der Waals surface area contributed by atoms with Crippen LogP contribution in [0, 0.1) is 16.0 Å². The molecule has 21 heavy (non-hydrogen) atoms. The predicted octanol–water partition coefficient (Wildman–Crippen LogP) is 3.15. The maximum Gasteiger partial charge on any atom is 0.269 e. The third kappa shape index (κ3) is 3.32. The second-order valence-corrected chi connectivity index (χ2v) is 4.82. The molecule has 5 nitrogen and oxygen atoms in total. The highest BCUT2D eigenvalue weighted by molar-refractivity contribution is 5.98. The summed E-state index contributed by atoms with van der Waals surface area (Å²) in [6, 6.07) is 14.4. The van der Waals surface area contributed by atoms with Crippen molar-refractivity contribution in [2.45, 2.75) is 13.0 Å². The molecular weight excluding hydrogens is 270 g/mol. The van der Waals surface area contributed by atoms with Crippen LogP contribution in [0.1, 0.15) is 28.9 Å². The van der Waals surface area contributed by atoms with E-state index in [0.29, 0.717) is 11.1 Å². The molecule has 5 heteroatoms. The molecular formula is C16H15NO4. The van der Waals surface area contributed by atoms with Crippen molar-refractivity contribution in [3.63, 3.8) is 0 Å². The van der Waals surface area contributed by atoms with E-state index < -0.39 is 16.9 Å². The van der Waals surface area contributed by atoms with Crippen LogP contribution >= 0.6 is 0 Å². The SMILES string of the molecule is CC(C(=O)c1ccccc1)C(O)c1cccc([N+](=O)[O-])c1. The summed E-state index contributed by atoms with van der Waals surface area (Å²) in [5.41, 5.74) is 0.765. The number of benzene rings is 2. The Labute approximate surface area is 122 Å². The minimum atomic E-state index is -1.09. The number of hydrogen-bond acceptors (Lipinski definition) is 4. The van der Waals surface area contributed by atoms with Gasteiger partial charge >= 0.3 is 0 Å². The standard InChI is InChI=1S/C16H15NO4/c1-11(15(18)12-6-3-2-4-7-12)16(19)13-8-5-9-14(10-13)17(20)21/h2-11,16,19H,1H3. The highest BCUT2D eigenvalue weighted by atomic mass is 16.6. The van der Waals surface area contributed by atoms with Crippen LogP contribution in [0.2, 0.25) is 0 Å². The van der Waals surface area contributed by atoms with E-state index >= 15 is 0 Å². The first-order valence-electron chi connectivity index (χ1n) is 6.52. The van der Waals surface area contributed by atoms with Gasteiger partial charge in [-0.25, -0.2) is 0 Å². The molecule has 108 valence electrons. The van der Waals surface area contributed by atoms with Gasteiger partial charge in [-0.15, -0.1) is 0 Å². The monoisotopic (exact) mass is 285 g/mol. The van der Waals surface area contributed by atoms with E-state index in [-0.39, 0.29) is 11.5 Å². The molecule has 0 aliphatic carbocycles. The van der Waals surface area contributed by atoms with Gasteiger partial charge in [0.05, 0.1) is 11.0 Å². The highest BCUT2D eigenvalue weighted by Gasteiger charge is 2.25. The molecule has 2 aromatic rings.